The Kier molecular flexibility index (Phi) is 4.18. The Morgan fingerprint density at radius 3 is 2.38 bits per heavy atom. The average molecular weight is 346 g/mol. The minimum atomic E-state index is -3.45. The number of nitrogens with zero attached hydrogens (tertiary/aromatic N) is 1. The fraction of sp³-hybridized carbons (Fsp3) is 0.500. The smallest absolute Gasteiger partial charge is 0.240 e. The molecule has 1 aromatic heterocycles. The third-order valence-corrected chi connectivity index (χ3v) is 6.36. The van der Waals surface area contributed by atoms with Crippen molar-refractivity contribution in [3.05, 3.63) is 36.4 Å². The van der Waals surface area contributed by atoms with E-state index in [2.05, 4.69) is 9.71 Å². The molecule has 5 nitrogen and oxygen atoms in total. The highest BCUT2D eigenvalue weighted by molar-refractivity contribution is 7.89. The number of rotatable bonds is 5. The van der Waals surface area contributed by atoms with Gasteiger partial charge in [0, 0.05) is 17.5 Å². The summed E-state index contributed by atoms with van der Waals surface area (Å²) in [4.78, 5) is 4.61. The van der Waals surface area contributed by atoms with Crippen molar-refractivity contribution in [3.8, 4) is 11.3 Å². The maximum Gasteiger partial charge on any atom is 0.240 e. The molecule has 2 aliphatic rings. The molecule has 1 heterocycles. The molecule has 0 amide bonds. The van der Waals surface area contributed by atoms with Crippen molar-refractivity contribution in [2.45, 2.75) is 61.8 Å². The zero-order valence-corrected chi connectivity index (χ0v) is 14.4. The zero-order valence-electron chi connectivity index (χ0n) is 13.6. The lowest BCUT2D eigenvalue weighted by atomic mass is 9.96. The van der Waals surface area contributed by atoms with Gasteiger partial charge < -0.3 is 4.42 Å². The Balaban J connectivity index is 1.49. The lowest BCUT2D eigenvalue weighted by Gasteiger charge is -2.22. The number of nitrogens with one attached hydrogen (secondary N) is 1. The van der Waals surface area contributed by atoms with Crippen LogP contribution in [0.4, 0.5) is 0 Å². The molecule has 4 rings (SSSR count). The second-order valence-electron chi connectivity index (χ2n) is 6.82. The summed E-state index contributed by atoms with van der Waals surface area (Å²) in [6.45, 7) is 0. The molecule has 2 aliphatic carbocycles. The monoisotopic (exact) mass is 346 g/mol. The first kappa shape index (κ1) is 15.8. The zero-order chi connectivity index (χ0) is 16.6. The van der Waals surface area contributed by atoms with Crippen molar-refractivity contribution in [2.24, 2.45) is 0 Å². The van der Waals surface area contributed by atoms with E-state index in [1.54, 1.807) is 30.5 Å². The highest BCUT2D eigenvalue weighted by atomic mass is 32.2. The Bertz CT molecular complexity index is 801. The standard InChI is InChI=1S/C18H22N2O3S/c21-24(22,20-15-4-2-1-3-5-15)16-10-8-13(9-11-16)17-12-19-18(23-17)14-6-7-14/h8-12,14-15,20H,1-7H2. The van der Waals surface area contributed by atoms with E-state index in [-0.39, 0.29) is 6.04 Å². The van der Waals surface area contributed by atoms with Crippen molar-refractivity contribution in [3.63, 3.8) is 0 Å². The summed E-state index contributed by atoms with van der Waals surface area (Å²) >= 11 is 0. The number of hydrogen-bond acceptors (Lipinski definition) is 4. The van der Waals surface area contributed by atoms with Gasteiger partial charge in [0.05, 0.1) is 11.1 Å². The molecule has 0 spiro atoms. The van der Waals surface area contributed by atoms with Crippen LogP contribution in [0.5, 0.6) is 0 Å². The number of sulfonamides is 1. The van der Waals surface area contributed by atoms with Crippen molar-refractivity contribution in [2.75, 3.05) is 0 Å². The Hall–Kier alpha value is -1.66. The van der Waals surface area contributed by atoms with Gasteiger partial charge in [-0.05, 0) is 49.9 Å². The second kappa shape index (κ2) is 6.33. The van der Waals surface area contributed by atoms with Crippen molar-refractivity contribution < 1.29 is 12.8 Å². The van der Waals surface area contributed by atoms with E-state index in [1.165, 1.54) is 6.42 Å². The fourth-order valence-corrected chi connectivity index (χ4v) is 4.55. The van der Waals surface area contributed by atoms with Crippen LogP contribution in [0.3, 0.4) is 0 Å². The van der Waals surface area contributed by atoms with Gasteiger partial charge in [-0.3, -0.25) is 0 Å². The number of oxazole rings is 1. The first-order valence-electron chi connectivity index (χ1n) is 8.70. The molecule has 0 bridgehead atoms. The second-order valence-corrected chi connectivity index (χ2v) is 8.53. The summed E-state index contributed by atoms with van der Waals surface area (Å²) in [7, 11) is -3.45. The van der Waals surface area contributed by atoms with Crippen LogP contribution >= 0.6 is 0 Å². The van der Waals surface area contributed by atoms with Gasteiger partial charge in [0.2, 0.25) is 10.0 Å². The molecule has 0 aliphatic heterocycles. The van der Waals surface area contributed by atoms with Crippen molar-refractivity contribution in [1.82, 2.24) is 9.71 Å². The molecule has 0 radical (unpaired) electrons. The lowest BCUT2D eigenvalue weighted by molar-refractivity contribution is 0.412. The average Bonchev–Trinajstić information content (AvgIpc) is 3.33. The molecule has 2 aromatic rings. The van der Waals surface area contributed by atoms with Crippen LogP contribution in [0.15, 0.2) is 39.8 Å². The summed E-state index contributed by atoms with van der Waals surface area (Å²) in [5.41, 5.74) is 0.853. The molecule has 2 saturated carbocycles. The quantitative estimate of drug-likeness (QED) is 0.893. The summed E-state index contributed by atoms with van der Waals surface area (Å²) in [6, 6.07) is 6.91. The van der Waals surface area contributed by atoms with Crippen LogP contribution in [0.1, 0.15) is 56.8 Å². The Labute approximate surface area is 142 Å². The van der Waals surface area contributed by atoms with Crippen LogP contribution in [0.25, 0.3) is 11.3 Å². The molecule has 128 valence electrons. The predicted octanol–water partition coefficient (Wildman–Crippen LogP) is 3.83. The molecule has 24 heavy (non-hydrogen) atoms. The molecule has 6 heteroatoms. The van der Waals surface area contributed by atoms with Gasteiger partial charge in [-0.1, -0.05) is 19.3 Å². The maximum atomic E-state index is 12.5. The van der Waals surface area contributed by atoms with E-state index < -0.39 is 10.0 Å². The van der Waals surface area contributed by atoms with Crippen LogP contribution in [-0.4, -0.2) is 19.4 Å². The molecule has 2 fully saturated rings. The fourth-order valence-electron chi connectivity index (χ4n) is 3.25. The largest absolute Gasteiger partial charge is 0.440 e. The van der Waals surface area contributed by atoms with E-state index in [1.807, 2.05) is 0 Å². The molecular weight excluding hydrogens is 324 g/mol. The maximum absolute atomic E-state index is 12.5. The van der Waals surface area contributed by atoms with Crippen LogP contribution in [0, 0.1) is 0 Å². The predicted molar refractivity (Wildman–Crippen MR) is 91.1 cm³/mol. The summed E-state index contributed by atoms with van der Waals surface area (Å²) in [6.07, 6.45) is 9.26. The SMILES string of the molecule is O=S(=O)(NC1CCCCC1)c1ccc(-c2cnc(C3CC3)o2)cc1. The normalized spacial score (nSPS) is 19.5. The van der Waals surface area contributed by atoms with E-state index in [4.69, 9.17) is 4.42 Å². The van der Waals surface area contributed by atoms with Crippen LogP contribution in [-0.2, 0) is 10.0 Å². The first-order valence-corrected chi connectivity index (χ1v) is 10.2. The molecule has 1 N–H and O–H groups in total. The molecule has 0 atom stereocenters. The summed E-state index contributed by atoms with van der Waals surface area (Å²) < 4.78 is 33.6. The van der Waals surface area contributed by atoms with Crippen molar-refractivity contribution >= 4 is 10.0 Å². The van der Waals surface area contributed by atoms with E-state index >= 15 is 0 Å². The molecular formula is C18H22N2O3S. The summed E-state index contributed by atoms with van der Waals surface area (Å²) in [5, 5.41) is 0. The van der Waals surface area contributed by atoms with Gasteiger partial charge in [-0.15, -0.1) is 0 Å². The topological polar surface area (TPSA) is 72.2 Å². The molecule has 0 saturated heterocycles. The third-order valence-electron chi connectivity index (χ3n) is 4.83. The minimum absolute atomic E-state index is 0.0683. The highest BCUT2D eigenvalue weighted by Gasteiger charge is 2.28. The first-order chi connectivity index (χ1) is 11.6. The van der Waals surface area contributed by atoms with Crippen LogP contribution in [0.2, 0.25) is 0 Å². The van der Waals surface area contributed by atoms with E-state index in [0.29, 0.717) is 16.6 Å². The lowest BCUT2D eigenvalue weighted by Crippen LogP contribution is -2.36. The van der Waals surface area contributed by atoms with E-state index in [9.17, 15) is 8.42 Å². The van der Waals surface area contributed by atoms with Gasteiger partial charge >= 0.3 is 0 Å². The third kappa shape index (κ3) is 3.39. The Morgan fingerprint density at radius 2 is 1.71 bits per heavy atom. The van der Waals surface area contributed by atoms with Gasteiger partial charge in [0.15, 0.2) is 11.7 Å². The Morgan fingerprint density at radius 1 is 1.00 bits per heavy atom. The van der Waals surface area contributed by atoms with Crippen LogP contribution < -0.4 is 4.72 Å². The number of aromatic nitrogens is 1. The van der Waals surface area contributed by atoms with E-state index in [0.717, 1.165) is 50.0 Å². The number of hydrogen-bond donors (Lipinski definition) is 1. The van der Waals surface area contributed by atoms with Gasteiger partial charge in [0.25, 0.3) is 0 Å². The molecule has 0 unspecified atom stereocenters. The van der Waals surface area contributed by atoms with Gasteiger partial charge in [-0.25, -0.2) is 18.1 Å². The molecule has 1 aromatic carbocycles. The minimum Gasteiger partial charge on any atom is -0.440 e. The highest BCUT2D eigenvalue weighted by Crippen LogP contribution is 2.40. The number of benzene rings is 1. The van der Waals surface area contributed by atoms with Crippen molar-refractivity contribution in [1.29, 1.82) is 0 Å². The van der Waals surface area contributed by atoms with Gasteiger partial charge in [-0.2, -0.15) is 0 Å². The summed E-state index contributed by atoms with van der Waals surface area (Å²) in [5.74, 6) is 1.96. The van der Waals surface area contributed by atoms with Gasteiger partial charge in [0.1, 0.15) is 0 Å².